The lowest BCUT2D eigenvalue weighted by Crippen LogP contribution is -1.85. The minimum atomic E-state index is -0.129. The second-order valence-corrected chi connectivity index (χ2v) is 3.40. The highest BCUT2D eigenvalue weighted by molar-refractivity contribution is 9.11. The van der Waals surface area contributed by atoms with E-state index < -0.39 is 0 Å². The summed E-state index contributed by atoms with van der Waals surface area (Å²) < 4.78 is 0.967. The van der Waals surface area contributed by atoms with Crippen LogP contribution in [0.3, 0.4) is 0 Å². The number of nitrogens with zero attached hydrogens (tertiary/aromatic N) is 2. The number of hydrogen-bond donors (Lipinski definition) is 1. The zero-order valence-electron chi connectivity index (χ0n) is 7.17. The molecule has 0 atom stereocenters. The molecular formula is C8H8Br2N2O. The molecule has 0 aromatic carbocycles. The third kappa shape index (κ3) is 3.33. The molecule has 0 radical (unpaired) electrons. The summed E-state index contributed by atoms with van der Waals surface area (Å²) >= 11 is 6.15. The molecule has 1 N–H and O–H groups in total. The van der Waals surface area contributed by atoms with E-state index in [1.165, 1.54) is 0 Å². The highest BCUT2D eigenvalue weighted by Crippen LogP contribution is 2.28. The molecule has 3 nitrogen and oxygen atoms in total. The fourth-order valence-corrected chi connectivity index (χ4v) is 1.67. The first kappa shape index (κ1) is 12.4. The first-order valence-electron chi connectivity index (χ1n) is 3.60. The Balaban J connectivity index is 0.000000671. The molecule has 0 fully saturated rings. The number of rotatable bonds is 0. The van der Waals surface area contributed by atoms with E-state index in [1.807, 2.05) is 13.8 Å². The number of nitriles is 1. The Kier molecular flexibility index (Phi) is 5.67. The summed E-state index contributed by atoms with van der Waals surface area (Å²) in [5.74, 6) is -0.129. The molecule has 0 saturated heterocycles. The van der Waals surface area contributed by atoms with Crippen LogP contribution in [0.15, 0.2) is 15.1 Å². The van der Waals surface area contributed by atoms with Gasteiger partial charge in [-0.05, 0) is 37.9 Å². The average molecular weight is 308 g/mol. The summed E-state index contributed by atoms with van der Waals surface area (Å²) in [6, 6.07) is 3.32. The maximum absolute atomic E-state index is 9.17. The molecule has 0 aliphatic heterocycles. The van der Waals surface area contributed by atoms with E-state index >= 15 is 0 Å². The largest absolute Gasteiger partial charge is 0.504 e. The van der Waals surface area contributed by atoms with E-state index in [0.29, 0.717) is 9.08 Å². The molecule has 13 heavy (non-hydrogen) atoms. The van der Waals surface area contributed by atoms with E-state index in [1.54, 1.807) is 12.1 Å². The van der Waals surface area contributed by atoms with Crippen LogP contribution in [0, 0.1) is 11.3 Å². The van der Waals surface area contributed by atoms with Gasteiger partial charge in [-0.3, -0.25) is 0 Å². The second kappa shape index (κ2) is 5.95. The zero-order chi connectivity index (χ0) is 10.4. The Bertz CT molecular complexity index is 334. The van der Waals surface area contributed by atoms with Gasteiger partial charge in [0.1, 0.15) is 10.7 Å². The van der Waals surface area contributed by atoms with Crippen molar-refractivity contribution >= 4 is 31.9 Å². The Morgan fingerprint density at radius 2 is 2.00 bits per heavy atom. The first-order valence-corrected chi connectivity index (χ1v) is 5.19. The number of hydrogen-bond acceptors (Lipinski definition) is 3. The van der Waals surface area contributed by atoms with Crippen molar-refractivity contribution in [3.8, 4) is 11.8 Å². The molecule has 70 valence electrons. The van der Waals surface area contributed by atoms with Crippen molar-refractivity contribution in [1.82, 2.24) is 4.98 Å². The number of aromatic hydroxyl groups is 1. The van der Waals surface area contributed by atoms with Crippen LogP contribution in [-0.4, -0.2) is 10.1 Å². The average Bonchev–Trinajstić information content (AvgIpc) is 2.14. The molecule has 5 heteroatoms. The van der Waals surface area contributed by atoms with Gasteiger partial charge in [0.05, 0.1) is 4.47 Å². The first-order chi connectivity index (χ1) is 6.15. The summed E-state index contributed by atoms with van der Waals surface area (Å²) in [6.45, 7) is 4.00. The lowest BCUT2D eigenvalue weighted by molar-refractivity contribution is 0.466. The lowest BCUT2D eigenvalue weighted by atomic mass is 10.3. The van der Waals surface area contributed by atoms with Gasteiger partial charge in [0, 0.05) is 0 Å². The van der Waals surface area contributed by atoms with Gasteiger partial charge in [0.15, 0.2) is 11.4 Å². The Morgan fingerprint density at radius 3 is 2.46 bits per heavy atom. The van der Waals surface area contributed by atoms with Gasteiger partial charge in [-0.15, -0.1) is 0 Å². The highest BCUT2D eigenvalue weighted by atomic mass is 79.9. The third-order valence-electron chi connectivity index (χ3n) is 1.02. The fraction of sp³-hybridized carbons (Fsp3) is 0.250. The van der Waals surface area contributed by atoms with Crippen molar-refractivity contribution in [2.75, 3.05) is 0 Å². The molecule has 0 saturated carbocycles. The van der Waals surface area contributed by atoms with Crippen molar-refractivity contribution in [2.24, 2.45) is 0 Å². The van der Waals surface area contributed by atoms with Gasteiger partial charge in [0.25, 0.3) is 0 Å². The van der Waals surface area contributed by atoms with E-state index in [-0.39, 0.29) is 11.4 Å². The van der Waals surface area contributed by atoms with Gasteiger partial charge < -0.3 is 5.11 Å². The van der Waals surface area contributed by atoms with E-state index in [0.717, 1.165) is 0 Å². The minimum absolute atomic E-state index is 0.00579. The van der Waals surface area contributed by atoms with E-state index in [9.17, 15) is 0 Å². The minimum Gasteiger partial charge on any atom is -0.504 e. The molecule has 1 aromatic rings. The molecule has 0 unspecified atom stereocenters. The van der Waals surface area contributed by atoms with Gasteiger partial charge in [-0.1, -0.05) is 13.8 Å². The number of halogens is 2. The van der Waals surface area contributed by atoms with Gasteiger partial charge in [-0.2, -0.15) is 5.26 Å². The van der Waals surface area contributed by atoms with Crippen LogP contribution in [0.1, 0.15) is 19.5 Å². The summed E-state index contributed by atoms with van der Waals surface area (Å²) in [6.07, 6.45) is 0. The summed E-state index contributed by atoms with van der Waals surface area (Å²) in [5.41, 5.74) is 0.00579. The van der Waals surface area contributed by atoms with Crippen LogP contribution < -0.4 is 0 Å². The standard InChI is InChI=1S/C6H2Br2N2O.C2H6/c7-3-1-5(8)10-4(2-9)6(3)11;1-2/h1,11H;1-2H3. The molecule has 0 amide bonds. The van der Waals surface area contributed by atoms with Crippen LogP contribution in [-0.2, 0) is 0 Å². The fourth-order valence-electron chi connectivity index (χ4n) is 0.556. The van der Waals surface area contributed by atoms with Crippen molar-refractivity contribution < 1.29 is 5.11 Å². The van der Waals surface area contributed by atoms with E-state index in [2.05, 4.69) is 36.8 Å². The van der Waals surface area contributed by atoms with Crippen LogP contribution in [0.25, 0.3) is 0 Å². The molecule has 1 rings (SSSR count). The highest BCUT2D eigenvalue weighted by Gasteiger charge is 2.07. The van der Waals surface area contributed by atoms with Crippen molar-refractivity contribution in [1.29, 1.82) is 5.26 Å². The molecule has 1 heterocycles. The van der Waals surface area contributed by atoms with Crippen LogP contribution in [0.5, 0.6) is 5.75 Å². The van der Waals surface area contributed by atoms with Gasteiger partial charge in [-0.25, -0.2) is 4.98 Å². The monoisotopic (exact) mass is 306 g/mol. The smallest absolute Gasteiger partial charge is 0.184 e. The lowest BCUT2D eigenvalue weighted by Gasteiger charge is -1.97. The summed E-state index contributed by atoms with van der Waals surface area (Å²) in [4.78, 5) is 3.73. The summed E-state index contributed by atoms with van der Waals surface area (Å²) in [5, 5.41) is 17.6. The Labute approximate surface area is 93.7 Å². The molecule has 0 bridgehead atoms. The maximum atomic E-state index is 9.17. The Morgan fingerprint density at radius 1 is 1.46 bits per heavy atom. The van der Waals surface area contributed by atoms with Crippen LogP contribution >= 0.6 is 31.9 Å². The third-order valence-corrected chi connectivity index (χ3v) is 2.03. The molecule has 0 aliphatic carbocycles. The quantitative estimate of drug-likeness (QED) is 0.749. The number of aromatic nitrogens is 1. The van der Waals surface area contributed by atoms with E-state index in [4.69, 9.17) is 10.4 Å². The second-order valence-electron chi connectivity index (χ2n) is 1.74. The molecule has 1 aromatic heterocycles. The van der Waals surface area contributed by atoms with Gasteiger partial charge >= 0.3 is 0 Å². The van der Waals surface area contributed by atoms with Crippen LogP contribution in [0.2, 0.25) is 0 Å². The number of pyridine rings is 1. The summed E-state index contributed by atoms with van der Waals surface area (Å²) in [7, 11) is 0. The maximum Gasteiger partial charge on any atom is 0.184 e. The molecule has 0 aliphatic rings. The topological polar surface area (TPSA) is 56.9 Å². The van der Waals surface area contributed by atoms with Gasteiger partial charge in [0.2, 0.25) is 0 Å². The van der Waals surface area contributed by atoms with Crippen molar-refractivity contribution in [3.63, 3.8) is 0 Å². The zero-order valence-corrected chi connectivity index (χ0v) is 10.3. The predicted molar refractivity (Wildman–Crippen MR) is 57.4 cm³/mol. The van der Waals surface area contributed by atoms with Crippen molar-refractivity contribution in [2.45, 2.75) is 13.8 Å². The molecular weight excluding hydrogens is 300 g/mol. The SMILES string of the molecule is CC.N#Cc1nc(Br)cc(Br)c1O. The van der Waals surface area contributed by atoms with Crippen molar-refractivity contribution in [3.05, 3.63) is 20.8 Å². The molecule has 0 spiro atoms. The Hall–Kier alpha value is -0.600. The normalized spacial score (nSPS) is 8.23. The predicted octanol–water partition coefficient (Wildman–Crippen LogP) is 3.21. The van der Waals surface area contributed by atoms with Crippen LogP contribution in [0.4, 0.5) is 0 Å².